The summed E-state index contributed by atoms with van der Waals surface area (Å²) >= 11 is 2.51. The number of hydrogen-bond donors (Lipinski definition) is 4. The van der Waals surface area contributed by atoms with Crippen molar-refractivity contribution in [2.24, 2.45) is 7.05 Å². The molecular weight excluding hydrogens is 639 g/mol. The van der Waals surface area contributed by atoms with E-state index in [2.05, 4.69) is 26.2 Å². The van der Waals surface area contributed by atoms with Crippen LogP contribution in [0.4, 0.5) is 10.5 Å². The van der Waals surface area contributed by atoms with E-state index < -0.39 is 53.1 Å². The van der Waals surface area contributed by atoms with Gasteiger partial charge in [0, 0.05) is 43.9 Å². The van der Waals surface area contributed by atoms with E-state index in [9.17, 15) is 33.9 Å². The van der Waals surface area contributed by atoms with E-state index in [1.807, 2.05) is 0 Å². The van der Waals surface area contributed by atoms with Crippen molar-refractivity contribution in [2.75, 3.05) is 36.9 Å². The van der Waals surface area contributed by atoms with Crippen LogP contribution >= 0.6 is 23.5 Å². The number of tetrazole rings is 1. The minimum Gasteiger partial charge on any atom is -1.00 e. The fourth-order valence-electron chi connectivity index (χ4n) is 4.89. The van der Waals surface area contributed by atoms with Crippen LogP contribution in [0.3, 0.4) is 0 Å². The first-order valence-corrected chi connectivity index (χ1v) is 15.4. The second-order valence-electron chi connectivity index (χ2n) is 9.92. The number of likely N-dealkylation sites (N-methyl/N-ethyl adjacent to an activating group) is 1. The second-order valence-corrected chi connectivity index (χ2v) is 12.0. The first kappa shape index (κ1) is 34.2. The summed E-state index contributed by atoms with van der Waals surface area (Å²) in [6, 6.07) is 2.65. The summed E-state index contributed by atoms with van der Waals surface area (Å²) < 4.78 is 1.44. The second kappa shape index (κ2) is 14.2. The number of carboxylic acid groups (broad SMARTS) is 1. The van der Waals surface area contributed by atoms with Crippen molar-refractivity contribution >= 4 is 64.8 Å². The molecule has 3 aliphatic rings. The van der Waals surface area contributed by atoms with Crippen LogP contribution in [0, 0.1) is 0 Å². The third-order valence-electron chi connectivity index (χ3n) is 7.24. The van der Waals surface area contributed by atoms with Gasteiger partial charge in [-0.15, -0.1) is 16.9 Å². The SMILES string of the molecule is CCN1CCN(C(=O)N[C@@H](C(=O)N[C@@H]2C(=O)N3C(C(=O)O)=C(CSc4nnnn4C)CS[C@H]23)c2ccc(N)cc2)C(=O)C1=O.[H-].[Na+]. The zero-order chi connectivity index (χ0) is 31.7. The van der Waals surface area contributed by atoms with Gasteiger partial charge in [-0.2, -0.15) is 0 Å². The Bertz CT molecular complexity index is 1580. The minimum atomic E-state index is -1.37. The number of anilines is 1. The van der Waals surface area contributed by atoms with Crippen molar-refractivity contribution in [3.05, 3.63) is 41.1 Å². The van der Waals surface area contributed by atoms with Crippen LogP contribution in [0.2, 0.25) is 0 Å². The van der Waals surface area contributed by atoms with Crippen molar-refractivity contribution in [1.29, 1.82) is 0 Å². The molecule has 20 heteroatoms. The van der Waals surface area contributed by atoms with Crippen LogP contribution in [0.15, 0.2) is 40.7 Å². The molecule has 17 nitrogen and oxygen atoms in total. The fourth-order valence-corrected chi connectivity index (χ4v) is 7.22. The average Bonchev–Trinajstić information content (AvgIpc) is 3.42. The number of fused-ring (bicyclic) bond motifs is 1. The summed E-state index contributed by atoms with van der Waals surface area (Å²) in [5.41, 5.74) is 6.83. The number of rotatable bonds is 9. The maximum Gasteiger partial charge on any atom is 1.00 e. The van der Waals surface area contributed by atoms with Gasteiger partial charge in [0.25, 0.3) is 5.91 Å². The number of nitrogen functional groups attached to an aromatic ring is 1. The first-order chi connectivity index (χ1) is 21.0. The van der Waals surface area contributed by atoms with Crippen LogP contribution < -0.4 is 45.9 Å². The Morgan fingerprint density at radius 3 is 2.51 bits per heavy atom. The Morgan fingerprint density at radius 1 is 1.18 bits per heavy atom. The number of benzene rings is 1. The molecule has 3 atom stereocenters. The Balaban J connectivity index is 0.00000288. The molecule has 3 aliphatic heterocycles. The standard InChI is InChI=1S/C25H28N10O7S2.Na.H/c1-3-33-8-9-34(21(39)20(33)38)24(42)28-15(12-4-6-14(26)7-5-12)18(36)27-16-19(37)35-17(23(40)41)13(10-43-22(16)35)11-44-25-29-30-31-32(25)2;;/h4-7,15-16,22H,3,8-11,26H2,1-2H3,(H,27,36)(H,28,42)(H,40,41);;/q;+1;-1/t15-,16-,22-;;/m1../s1. The molecule has 45 heavy (non-hydrogen) atoms. The van der Waals surface area contributed by atoms with E-state index in [-0.39, 0.29) is 61.3 Å². The first-order valence-electron chi connectivity index (χ1n) is 13.3. The topological polar surface area (TPSA) is 226 Å². The number of β-lactam (4-membered cyclic amide) rings is 1. The van der Waals surface area contributed by atoms with Gasteiger partial charge in [-0.25, -0.2) is 14.3 Å². The van der Waals surface area contributed by atoms with Gasteiger partial charge in [0.2, 0.25) is 11.1 Å². The van der Waals surface area contributed by atoms with E-state index in [1.165, 1.54) is 57.4 Å². The number of aryl methyl sites for hydroxylation is 1. The number of amides is 6. The summed E-state index contributed by atoms with van der Waals surface area (Å²) in [4.78, 5) is 80.3. The number of piperazine rings is 1. The number of nitrogens with two attached hydrogens (primary N) is 1. The summed E-state index contributed by atoms with van der Waals surface area (Å²) in [5.74, 6) is -4.03. The van der Waals surface area contributed by atoms with Gasteiger partial charge >= 0.3 is 53.4 Å². The normalized spacial score (nSPS) is 20.2. The molecule has 5 rings (SSSR count). The number of nitrogens with zero attached hydrogens (tertiary/aromatic N) is 7. The molecule has 6 amide bonds. The molecule has 0 aliphatic carbocycles. The van der Waals surface area contributed by atoms with Gasteiger partial charge in [-0.05, 0) is 40.6 Å². The van der Waals surface area contributed by atoms with E-state index in [0.717, 1.165) is 9.80 Å². The Morgan fingerprint density at radius 2 is 1.89 bits per heavy atom. The maximum absolute atomic E-state index is 13.6. The number of thioether (sulfide) groups is 2. The Labute approximate surface area is 288 Å². The number of carboxylic acids is 1. The minimum absolute atomic E-state index is 0. The van der Waals surface area contributed by atoms with Crippen LogP contribution in [-0.2, 0) is 31.0 Å². The van der Waals surface area contributed by atoms with E-state index in [0.29, 0.717) is 28.5 Å². The predicted octanol–water partition coefficient (Wildman–Crippen LogP) is -4.12. The quantitative estimate of drug-likeness (QED) is 0.0656. The predicted molar refractivity (Wildman–Crippen MR) is 156 cm³/mol. The van der Waals surface area contributed by atoms with E-state index in [1.54, 1.807) is 14.0 Å². The number of hydrogen-bond acceptors (Lipinski definition) is 12. The van der Waals surface area contributed by atoms with E-state index >= 15 is 0 Å². The van der Waals surface area contributed by atoms with E-state index in [4.69, 9.17) is 5.73 Å². The largest absolute Gasteiger partial charge is 1.00 e. The van der Waals surface area contributed by atoms with Crippen LogP contribution in [0.25, 0.3) is 0 Å². The molecule has 2 saturated heterocycles. The molecule has 0 bridgehead atoms. The van der Waals surface area contributed by atoms with Gasteiger partial charge in [0.15, 0.2) is 0 Å². The third kappa shape index (κ3) is 6.81. The molecule has 1 aromatic heterocycles. The van der Waals surface area contributed by atoms with Crippen molar-refractivity contribution in [3.8, 4) is 0 Å². The molecule has 234 valence electrons. The van der Waals surface area contributed by atoms with Crippen LogP contribution in [0.5, 0.6) is 0 Å². The number of aliphatic carboxylic acids is 1. The number of nitrogens with one attached hydrogen (secondary N) is 2. The van der Waals surface area contributed by atoms with Gasteiger partial charge in [0.05, 0.1) is 0 Å². The fraction of sp³-hybridized carbons (Fsp3) is 0.400. The van der Waals surface area contributed by atoms with Gasteiger partial charge < -0.3 is 27.8 Å². The van der Waals surface area contributed by atoms with Crippen molar-refractivity contribution in [3.63, 3.8) is 0 Å². The number of imide groups is 1. The average molecular weight is 669 g/mol. The number of carbonyl (C=O) groups excluding carboxylic acids is 5. The summed E-state index contributed by atoms with van der Waals surface area (Å²) in [7, 11) is 1.65. The number of carbonyl (C=O) groups is 6. The third-order valence-corrected chi connectivity index (χ3v) is 9.68. The molecule has 5 N–H and O–H groups in total. The molecule has 0 unspecified atom stereocenters. The molecule has 1 aromatic carbocycles. The van der Waals surface area contributed by atoms with Gasteiger partial charge in [-0.3, -0.25) is 29.0 Å². The molecule has 0 radical (unpaired) electrons. The maximum atomic E-state index is 13.6. The summed E-state index contributed by atoms with van der Waals surface area (Å²) in [5, 5.41) is 26.0. The van der Waals surface area contributed by atoms with Gasteiger partial charge in [0.1, 0.15) is 23.2 Å². The molecule has 0 saturated carbocycles. The van der Waals surface area contributed by atoms with Crippen molar-refractivity contribution in [1.82, 2.24) is 45.5 Å². The number of urea groups is 1. The molecule has 4 heterocycles. The summed E-state index contributed by atoms with van der Waals surface area (Å²) in [6.07, 6.45) is 0. The molecule has 2 aromatic rings. The van der Waals surface area contributed by atoms with Crippen molar-refractivity contribution in [2.45, 2.75) is 29.5 Å². The van der Waals surface area contributed by atoms with Crippen molar-refractivity contribution < 1.29 is 64.9 Å². The molecule has 2 fully saturated rings. The summed E-state index contributed by atoms with van der Waals surface area (Å²) in [6.45, 7) is 2.10. The van der Waals surface area contributed by atoms with Crippen LogP contribution in [0.1, 0.15) is 20.0 Å². The number of aromatic nitrogens is 4. The molecular formula is C25H29N10NaO7S2. The van der Waals surface area contributed by atoms with Crippen LogP contribution in [-0.4, -0.2) is 118 Å². The zero-order valence-electron chi connectivity index (χ0n) is 25.5. The Hall–Kier alpha value is -3.65. The molecule has 0 spiro atoms. The zero-order valence-corrected chi connectivity index (χ0v) is 28.1. The van der Waals surface area contributed by atoms with Gasteiger partial charge in [-0.1, -0.05) is 23.9 Å². The monoisotopic (exact) mass is 668 g/mol. The smallest absolute Gasteiger partial charge is 1.00 e. The Kier molecular flexibility index (Phi) is 10.8.